The molecule has 0 amide bonds. The second-order valence-electron chi connectivity index (χ2n) is 5.46. The first-order valence-electron chi connectivity index (χ1n) is 5.81. The summed E-state index contributed by atoms with van der Waals surface area (Å²) in [7, 11) is 0. The highest BCUT2D eigenvalue weighted by Crippen LogP contribution is 2.58. The zero-order valence-electron chi connectivity index (χ0n) is 10.9. The van der Waals surface area contributed by atoms with Crippen LogP contribution in [0.15, 0.2) is 11.8 Å². The summed E-state index contributed by atoms with van der Waals surface area (Å²) >= 11 is 0. The molecule has 0 heterocycles. The number of rotatable bonds is 3. The summed E-state index contributed by atoms with van der Waals surface area (Å²) in [6.45, 7) is 2.57. The van der Waals surface area contributed by atoms with Crippen LogP contribution < -0.4 is 0 Å². The Labute approximate surface area is 112 Å². The maximum absolute atomic E-state index is 12.4. The molecule has 5 nitrogen and oxygen atoms in total. The Morgan fingerprint density at radius 2 is 1.70 bits per heavy atom. The zero-order chi connectivity index (χ0) is 15.9. The van der Waals surface area contributed by atoms with Gasteiger partial charge in [-0.05, 0) is 24.3 Å². The largest absolute Gasteiger partial charge is 0.504 e. The van der Waals surface area contributed by atoms with Crippen molar-refractivity contribution in [3.05, 3.63) is 11.8 Å². The third-order valence-electron chi connectivity index (χ3n) is 4.20. The average Bonchev–Trinajstić information content (AvgIpc) is 2.50. The van der Waals surface area contributed by atoms with E-state index < -0.39 is 40.6 Å². The van der Waals surface area contributed by atoms with E-state index in [1.165, 1.54) is 13.8 Å². The van der Waals surface area contributed by atoms with E-state index in [9.17, 15) is 27.9 Å². The Balaban J connectivity index is 3.40. The second-order valence-corrected chi connectivity index (χ2v) is 5.46. The number of carboxylic acids is 2. The molecule has 1 fully saturated rings. The molecule has 0 bridgehead atoms. The fourth-order valence-corrected chi connectivity index (χ4v) is 2.82. The van der Waals surface area contributed by atoms with E-state index in [1.54, 1.807) is 0 Å². The highest BCUT2D eigenvalue weighted by molar-refractivity contribution is 5.82. The molecule has 8 heteroatoms. The number of aliphatic hydroxyl groups is 1. The Hall–Kier alpha value is -1.73. The van der Waals surface area contributed by atoms with Crippen LogP contribution in [-0.2, 0) is 9.59 Å². The van der Waals surface area contributed by atoms with Crippen LogP contribution >= 0.6 is 0 Å². The molecule has 0 saturated heterocycles. The van der Waals surface area contributed by atoms with Gasteiger partial charge in [0.05, 0.1) is 11.3 Å². The van der Waals surface area contributed by atoms with Crippen LogP contribution in [0.2, 0.25) is 0 Å². The van der Waals surface area contributed by atoms with Crippen LogP contribution in [0.3, 0.4) is 0 Å². The first kappa shape index (κ1) is 16.3. The van der Waals surface area contributed by atoms with Crippen molar-refractivity contribution in [3.8, 4) is 0 Å². The van der Waals surface area contributed by atoms with E-state index in [-0.39, 0.29) is 18.9 Å². The number of allylic oxidation sites excluding steroid dienone is 1. The molecule has 1 aliphatic carbocycles. The lowest BCUT2D eigenvalue weighted by atomic mass is 9.64. The molecule has 114 valence electrons. The number of aliphatic carboxylic acids is 2. The van der Waals surface area contributed by atoms with E-state index in [4.69, 9.17) is 10.2 Å². The van der Waals surface area contributed by atoms with Gasteiger partial charge < -0.3 is 15.3 Å². The molecule has 1 aliphatic rings. The summed E-state index contributed by atoms with van der Waals surface area (Å²) in [6, 6.07) is 0. The molecule has 20 heavy (non-hydrogen) atoms. The van der Waals surface area contributed by atoms with Crippen LogP contribution in [-0.4, -0.2) is 33.4 Å². The van der Waals surface area contributed by atoms with Gasteiger partial charge in [-0.1, -0.05) is 13.8 Å². The summed E-state index contributed by atoms with van der Waals surface area (Å²) in [6.07, 6.45) is -5.19. The van der Waals surface area contributed by atoms with E-state index in [0.29, 0.717) is 0 Å². The quantitative estimate of drug-likeness (QED) is 0.696. The summed E-state index contributed by atoms with van der Waals surface area (Å²) in [5.74, 6) is -5.96. The van der Waals surface area contributed by atoms with Crippen molar-refractivity contribution < 1.29 is 38.1 Å². The molecule has 0 aromatic heterocycles. The van der Waals surface area contributed by atoms with Gasteiger partial charge in [-0.3, -0.25) is 9.59 Å². The highest BCUT2D eigenvalue weighted by Gasteiger charge is 2.61. The molecule has 0 aromatic rings. The van der Waals surface area contributed by atoms with Gasteiger partial charge in [0, 0.05) is 0 Å². The lowest BCUT2D eigenvalue weighted by Gasteiger charge is -2.37. The standard InChI is InChI=1S/C12H15F3O5/c1-10(2)6(8(17)18)3-4-11(10,9(19)20)5-7(16)12(13,14)15/h5-6,16H,3-4H2,1-2H3,(H,17,18)(H,19,20). The SMILES string of the molecule is CC1(C)C(C(=O)O)CCC1(C=C(O)C(F)(F)F)C(=O)O. The van der Waals surface area contributed by atoms with Gasteiger partial charge in [-0.2, -0.15) is 13.2 Å². The van der Waals surface area contributed by atoms with Gasteiger partial charge >= 0.3 is 18.1 Å². The number of hydrogen-bond acceptors (Lipinski definition) is 3. The van der Waals surface area contributed by atoms with Crippen molar-refractivity contribution in [1.82, 2.24) is 0 Å². The van der Waals surface area contributed by atoms with Gasteiger partial charge in [-0.15, -0.1) is 0 Å². The average molecular weight is 296 g/mol. The smallest absolute Gasteiger partial charge is 0.448 e. The number of alkyl halides is 3. The minimum Gasteiger partial charge on any atom is -0.504 e. The zero-order valence-corrected chi connectivity index (χ0v) is 10.9. The van der Waals surface area contributed by atoms with E-state index >= 15 is 0 Å². The van der Waals surface area contributed by atoms with Crippen molar-refractivity contribution in [2.24, 2.45) is 16.7 Å². The maximum atomic E-state index is 12.4. The lowest BCUT2D eigenvalue weighted by Crippen LogP contribution is -2.44. The van der Waals surface area contributed by atoms with Crippen LogP contribution in [0, 0.1) is 16.7 Å². The third kappa shape index (κ3) is 2.34. The number of hydrogen-bond donors (Lipinski definition) is 3. The predicted octanol–water partition coefficient (Wildman–Crippen LogP) is 2.58. The highest BCUT2D eigenvalue weighted by atomic mass is 19.4. The monoisotopic (exact) mass is 296 g/mol. The van der Waals surface area contributed by atoms with Gasteiger partial charge in [0.15, 0.2) is 5.76 Å². The Morgan fingerprint density at radius 1 is 1.20 bits per heavy atom. The Morgan fingerprint density at radius 3 is 2.00 bits per heavy atom. The molecule has 0 radical (unpaired) electrons. The van der Waals surface area contributed by atoms with Gasteiger partial charge in [0.25, 0.3) is 0 Å². The fourth-order valence-electron chi connectivity index (χ4n) is 2.82. The molecule has 2 atom stereocenters. The summed E-state index contributed by atoms with van der Waals surface area (Å²) < 4.78 is 37.2. The van der Waals surface area contributed by atoms with Crippen molar-refractivity contribution in [2.75, 3.05) is 0 Å². The molecular formula is C12H15F3O5. The molecule has 3 N–H and O–H groups in total. The Bertz CT molecular complexity index is 466. The van der Waals surface area contributed by atoms with Crippen molar-refractivity contribution in [2.45, 2.75) is 32.9 Å². The van der Waals surface area contributed by atoms with Crippen LogP contribution in [0.25, 0.3) is 0 Å². The summed E-state index contributed by atoms with van der Waals surface area (Å²) in [5.41, 5.74) is -3.54. The van der Waals surface area contributed by atoms with E-state index in [2.05, 4.69) is 0 Å². The molecule has 1 saturated carbocycles. The molecule has 2 unspecified atom stereocenters. The van der Waals surface area contributed by atoms with Crippen LogP contribution in [0.4, 0.5) is 13.2 Å². The summed E-state index contributed by atoms with van der Waals surface area (Å²) in [5, 5.41) is 27.4. The third-order valence-corrected chi connectivity index (χ3v) is 4.20. The topological polar surface area (TPSA) is 94.8 Å². The maximum Gasteiger partial charge on any atom is 0.448 e. The first-order valence-corrected chi connectivity index (χ1v) is 5.81. The molecule has 0 aromatic carbocycles. The molecular weight excluding hydrogens is 281 g/mol. The number of halogens is 3. The van der Waals surface area contributed by atoms with Gasteiger partial charge in [0.2, 0.25) is 0 Å². The van der Waals surface area contributed by atoms with Crippen molar-refractivity contribution in [1.29, 1.82) is 0 Å². The van der Waals surface area contributed by atoms with Crippen molar-refractivity contribution >= 4 is 11.9 Å². The summed E-state index contributed by atoms with van der Waals surface area (Å²) in [4.78, 5) is 22.6. The van der Waals surface area contributed by atoms with Gasteiger partial charge in [0.1, 0.15) is 0 Å². The first-order chi connectivity index (χ1) is 8.86. The molecule has 0 aliphatic heterocycles. The van der Waals surface area contributed by atoms with Crippen LogP contribution in [0.5, 0.6) is 0 Å². The molecule has 1 rings (SSSR count). The normalized spacial score (nSPS) is 30.2. The lowest BCUT2D eigenvalue weighted by molar-refractivity contribution is -0.156. The number of carbonyl (C=O) groups is 2. The minimum absolute atomic E-state index is 0.0731. The number of carboxylic acid groups (broad SMARTS) is 2. The fraction of sp³-hybridized carbons (Fsp3) is 0.667. The molecule has 0 spiro atoms. The van der Waals surface area contributed by atoms with Gasteiger partial charge in [-0.25, -0.2) is 0 Å². The predicted molar refractivity (Wildman–Crippen MR) is 61.0 cm³/mol. The van der Waals surface area contributed by atoms with E-state index in [1.807, 2.05) is 0 Å². The van der Waals surface area contributed by atoms with E-state index in [0.717, 1.165) is 0 Å². The van der Waals surface area contributed by atoms with Crippen molar-refractivity contribution in [3.63, 3.8) is 0 Å². The minimum atomic E-state index is -5.07. The number of aliphatic hydroxyl groups excluding tert-OH is 1. The Kier molecular flexibility index (Phi) is 3.82. The second kappa shape index (κ2) is 4.68. The van der Waals surface area contributed by atoms with Crippen LogP contribution in [0.1, 0.15) is 26.7 Å².